The highest BCUT2D eigenvalue weighted by Crippen LogP contribution is 2.10. The van der Waals surface area contributed by atoms with Gasteiger partial charge in [-0.25, -0.2) is 4.21 Å². The van der Waals surface area contributed by atoms with E-state index in [1.54, 1.807) is 24.3 Å². The second-order valence-electron chi connectivity index (χ2n) is 2.17. The maximum absolute atomic E-state index is 11.4. The van der Waals surface area contributed by atoms with Crippen LogP contribution >= 0.6 is 0 Å². The van der Waals surface area contributed by atoms with Gasteiger partial charge in [0.2, 0.25) is 0 Å². The summed E-state index contributed by atoms with van der Waals surface area (Å²) in [5, 5.41) is 0. The van der Waals surface area contributed by atoms with E-state index >= 15 is 0 Å². The molecule has 0 aliphatic heterocycles. The lowest BCUT2D eigenvalue weighted by Crippen LogP contribution is -1.94. The highest BCUT2D eigenvalue weighted by Gasteiger charge is 2.05. The fourth-order valence-electron chi connectivity index (χ4n) is 0.739. The van der Waals surface area contributed by atoms with Gasteiger partial charge in [-0.3, -0.25) is 4.79 Å². The third kappa shape index (κ3) is 1.89. The Labute approximate surface area is 73.4 Å². The first-order chi connectivity index (χ1) is 5.75. The normalized spacial score (nSPS) is 12.0. The molecule has 12 heavy (non-hydrogen) atoms. The third-order valence-corrected chi connectivity index (χ3v) is 2.60. The van der Waals surface area contributed by atoms with Crippen LogP contribution in [0, 0.1) is 0 Å². The van der Waals surface area contributed by atoms with E-state index in [1.165, 1.54) is 0 Å². The number of hydrogen-bond acceptors (Lipinski definition) is 2. The minimum atomic E-state index is -1.39. The molecule has 0 fully saturated rings. The molecule has 62 valence electrons. The number of carbonyl (C=O) groups excluding carboxylic acids is 1. The van der Waals surface area contributed by atoms with E-state index in [-0.39, 0.29) is 4.91 Å². The summed E-state index contributed by atoms with van der Waals surface area (Å²) in [6.07, 6.45) is 0.517. The standard InChI is InChI=1S/C9H8O2S/c1-8(7-10)12(11)9-5-3-2-4-6-9/h2-7H,1H2. The number of allylic oxidation sites excluding steroid dienone is 1. The van der Waals surface area contributed by atoms with Gasteiger partial charge >= 0.3 is 0 Å². The van der Waals surface area contributed by atoms with Gasteiger partial charge in [0, 0.05) is 4.90 Å². The topological polar surface area (TPSA) is 34.1 Å². The molecule has 0 saturated carbocycles. The highest BCUT2D eigenvalue weighted by atomic mass is 32.2. The molecule has 1 unspecified atom stereocenters. The fourth-order valence-corrected chi connectivity index (χ4v) is 1.53. The average Bonchev–Trinajstić information content (AvgIpc) is 2.17. The Morgan fingerprint density at radius 3 is 2.42 bits per heavy atom. The molecule has 0 amide bonds. The highest BCUT2D eigenvalue weighted by molar-refractivity contribution is 7.89. The SMILES string of the molecule is C=C(C=O)S(=O)c1ccccc1. The minimum Gasteiger partial charge on any atom is -0.297 e. The molecule has 0 aliphatic carbocycles. The van der Waals surface area contributed by atoms with Crippen LogP contribution in [0.4, 0.5) is 0 Å². The molecule has 3 heteroatoms. The van der Waals surface area contributed by atoms with E-state index in [2.05, 4.69) is 6.58 Å². The Balaban J connectivity index is 2.93. The molecule has 0 N–H and O–H groups in total. The molecule has 0 bridgehead atoms. The van der Waals surface area contributed by atoms with E-state index in [4.69, 9.17) is 0 Å². The third-order valence-electron chi connectivity index (χ3n) is 1.33. The van der Waals surface area contributed by atoms with Crippen LogP contribution in [0.25, 0.3) is 0 Å². The lowest BCUT2D eigenvalue weighted by molar-refractivity contribution is -0.104. The van der Waals surface area contributed by atoms with Crippen LogP contribution in [0.15, 0.2) is 46.7 Å². The molecular weight excluding hydrogens is 172 g/mol. The second kappa shape index (κ2) is 3.97. The summed E-state index contributed by atoms with van der Waals surface area (Å²) in [4.78, 5) is 10.9. The zero-order valence-electron chi connectivity index (χ0n) is 6.40. The monoisotopic (exact) mass is 180 g/mol. The second-order valence-corrected chi connectivity index (χ2v) is 3.70. The van der Waals surface area contributed by atoms with E-state index < -0.39 is 10.8 Å². The van der Waals surface area contributed by atoms with Crippen LogP contribution in [-0.4, -0.2) is 10.5 Å². The van der Waals surface area contributed by atoms with Crippen molar-refractivity contribution >= 4 is 17.1 Å². The lowest BCUT2D eigenvalue weighted by Gasteiger charge is -1.97. The number of aldehydes is 1. The molecule has 0 aromatic heterocycles. The molecular formula is C9H8O2S. The molecule has 0 radical (unpaired) electrons. The van der Waals surface area contributed by atoms with E-state index in [0.29, 0.717) is 11.2 Å². The van der Waals surface area contributed by atoms with Crippen LogP contribution in [0.1, 0.15) is 0 Å². The van der Waals surface area contributed by atoms with E-state index in [0.717, 1.165) is 0 Å². The van der Waals surface area contributed by atoms with Crippen molar-refractivity contribution in [1.82, 2.24) is 0 Å². The molecule has 0 spiro atoms. The molecule has 0 heterocycles. The van der Waals surface area contributed by atoms with Crippen molar-refractivity contribution in [2.24, 2.45) is 0 Å². The van der Waals surface area contributed by atoms with Crippen molar-refractivity contribution in [2.45, 2.75) is 4.90 Å². The van der Waals surface area contributed by atoms with Crippen molar-refractivity contribution in [1.29, 1.82) is 0 Å². The first-order valence-corrected chi connectivity index (χ1v) is 4.51. The van der Waals surface area contributed by atoms with Gasteiger partial charge in [0.15, 0.2) is 6.29 Å². The Kier molecular flexibility index (Phi) is 2.94. The summed E-state index contributed by atoms with van der Waals surface area (Å²) in [6, 6.07) is 8.76. The Morgan fingerprint density at radius 2 is 1.92 bits per heavy atom. The van der Waals surface area contributed by atoms with Gasteiger partial charge in [0.1, 0.15) is 0 Å². The molecule has 1 atom stereocenters. The van der Waals surface area contributed by atoms with Crippen LogP contribution < -0.4 is 0 Å². The van der Waals surface area contributed by atoms with Crippen LogP contribution in [0.2, 0.25) is 0 Å². The molecule has 1 aromatic carbocycles. The fraction of sp³-hybridized carbons (Fsp3) is 0. The van der Waals surface area contributed by atoms with Gasteiger partial charge in [-0.15, -0.1) is 0 Å². The maximum atomic E-state index is 11.4. The summed E-state index contributed by atoms with van der Waals surface area (Å²) in [5.74, 6) is 0. The Hall–Kier alpha value is -1.22. The lowest BCUT2D eigenvalue weighted by atomic mass is 10.4. The zero-order valence-corrected chi connectivity index (χ0v) is 7.21. The van der Waals surface area contributed by atoms with Crippen molar-refractivity contribution in [3.8, 4) is 0 Å². The minimum absolute atomic E-state index is 0.0983. The van der Waals surface area contributed by atoms with Crippen molar-refractivity contribution in [2.75, 3.05) is 0 Å². The van der Waals surface area contributed by atoms with Crippen LogP contribution in [-0.2, 0) is 15.6 Å². The van der Waals surface area contributed by atoms with E-state index in [9.17, 15) is 9.00 Å². The quantitative estimate of drug-likeness (QED) is 0.522. The molecule has 1 aromatic rings. The number of hydrogen-bond donors (Lipinski definition) is 0. The van der Waals surface area contributed by atoms with Crippen molar-refractivity contribution in [3.63, 3.8) is 0 Å². The predicted molar refractivity (Wildman–Crippen MR) is 48.1 cm³/mol. The van der Waals surface area contributed by atoms with Gasteiger partial charge < -0.3 is 0 Å². The Morgan fingerprint density at radius 1 is 1.33 bits per heavy atom. The first-order valence-electron chi connectivity index (χ1n) is 3.36. The largest absolute Gasteiger partial charge is 0.297 e. The molecule has 0 saturated heterocycles. The van der Waals surface area contributed by atoms with E-state index in [1.807, 2.05) is 6.07 Å². The summed E-state index contributed by atoms with van der Waals surface area (Å²) in [7, 11) is -1.39. The maximum Gasteiger partial charge on any atom is 0.158 e. The smallest absolute Gasteiger partial charge is 0.158 e. The van der Waals surface area contributed by atoms with Crippen LogP contribution in [0.5, 0.6) is 0 Å². The van der Waals surface area contributed by atoms with Gasteiger partial charge in [-0.2, -0.15) is 0 Å². The Bertz CT molecular complexity index is 317. The molecule has 0 aliphatic rings. The summed E-state index contributed by atoms with van der Waals surface area (Å²) >= 11 is 0. The average molecular weight is 180 g/mol. The van der Waals surface area contributed by atoms with Crippen LogP contribution in [0.3, 0.4) is 0 Å². The number of benzene rings is 1. The van der Waals surface area contributed by atoms with Gasteiger partial charge in [0.05, 0.1) is 15.7 Å². The van der Waals surface area contributed by atoms with Gasteiger partial charge in [-0.05, 0) is 12.1 Å². The van der Waals surface area contributed by atoms with Gasteiger partial charge in [0.25, 0.3) is 0 Å². The molecule has 1 rings (SSSR count). The summed E-state index contributed by atoms with van der Waals surface area (Å²) in [6.45, 7) is 3.38. The predicted octanol–water partition coefficient (Wildman–Crippen LogP) is 1.51. The first kappa shape index (κ1) is 8.87. The summed E-state index contributed by atoms with van der Waals surface area (Å²) < 4.78 is 11.4. The number of carbonyl (C=O) groups is 1. The zero-order chi connectivity index (χ0) is 8.97. The molecule has 2 nitrogen and oxygen atoms in total. The number of rotatable bonds is 3. The van der Waals surface area contributed by atoms with Crippen molar-refractivity contribution < 1.29 is 9.00 Å². The van der Waals surface area contributed by atoms with Gasteiger partial charge in [-0.1, -0.05) is 24.8 Å². The van der Waals surface area contributed by atoms with Crippen molar-refractivity contribution in [3.05, 3.63) is 41.8 Å². The summed E-state index contributed by atoms with van der Waals surface area (Å²) in [5.41, 5.74) is 0.